The Morgan fingerprint density at radius 2 is 1.73 bits per heavy atom. The van der Waals surface area contributed by atoms with Gasteiger partial charge in [0.25, 0.3) is 0 Å². The van der Waals surface area contributed by atoms with E-state index >= 15 is 0 Å². The van der Waals surface area contributed by atoms with Gasteiger partial charge < -0.3 is 26.5 Å². The lowest BCUT2D eigenvalue weighted by molar-refractivity contribution is -0.142. The van der Waals surface area contributed by atoms with Crippen molar-refractivity contribution in [2.45, 2.75) is 58.7 Å². The summed E-state index contributed by atoms with van der Waals surface area (Å²) in [6.45, 7) is 7.49. The summed E-state index contributed by atoms with van der Waals surface area (Å²) in [5.74, 6) is -2.09. The normalized spacial score (nSPS) is 14.5. The zero-order valence-electron chi connectivity index (χ0n) is 17.9. The van der Waals surface area contributed by atoms with Crippen molar-refractivity contribution >= 4 is 28.7 Å². The molecule has 0 saturated carbocycles. The molecular formula is C22H32N4O4. The predicted molar refractivity (Wildman–Crippen MR) is 116 cm³/mol. The quantitative estimate of drug-likeness (QED) is 0.402. The molecule has 1 heterocycles. The van der Waals surface area contributed by atoms with Crippen LogP contribution in [0.1, 0.15) is 39.7 Å². The molecule has 0 saturated heterocycles. The summed E-state index contributed by atoms with van der Waals surface area (Å²) >= 11 is 0. The molecule has 3 atom stereocenters. The van der Waals surface area contributed by atoms with Crippen LogP contribution in [-0.4, -0.2) is 46.0 Å². The fourth-order valence-corrected chi connectivity index (χ4v) is 3.39. The van der Waals surface area contributed by atoms with E-state index in [0.717, 1.165) is 16.5 Å². The number of aromatic amines is 1. The van der Waals surface area contributed by atoms with Crippen LogP contribution in [0.25, 0.3) is 10.9 Å². The number of para-hydroxylation sites is 1. The second-order valence-corrected chi connectivity index (χ2v) is 8.43. The van der Waals surface area contributed by atoms with Crippen molar-refractivity contribution in [3.8, 4) is 0 Å². The molecule has 0 spiro atoms. The maximum absolute atomic E-state index is 12.8. The van der Waals surface area contributed by atoms with E-state index in [4.69, 9.17) is 5.73 Å². The number of carboxylic acid groups (broad SMARTS) is 1. The second kappa shape index (κ2) is 10.2. The molecule has 30 heavy (non-hydrogen) atoms. The van der Waals surface area contributed by atoms with Crippen molar-refractivity contribution in [3.63, 3.8) is 0 Å². The first-order valence-electron chi connectivity index (χ1n) is 10.2. The average Bonchev–Trinajstić information content (AvgIpc) is 3.07. The molecule has 164 valence electrons. The van der Waals surface area contributed by atoms with Gasteiger partial charge in [0.05, 0.1) is 6.04 Å². The zero-order valence-corrected chi connectivity index (χ0v) is 17.9. The van der Waals surface area contributed by atoms with Crippen LogP contribution in [-0.2, 0) is 20.8 Å². The summed E-state index contributed by atoms with van der Waals surface area (Å²) in [6, 6.07) is 4.84. The number of rotatable bonds is 10. The molecule has 8 nitrogen and oxygen atoms in total. The number of aromatic nitrogens is 1. The highest BCUT2D eigenvalue weighted by Gasteiger charge is 2.30. The number of H-pyrrole nitrogens is 1. The lowest BCUT2D eigenvalue weighted by Gasteiger charge is -2.25. The average molecular weight is 417 g/mol. The van der Waals surface area contributed by atoms with Gasteiger partial charge in [-0.05, 0) is 29.9 Å². The van der Waals surface area contributed by atoms with Gasteiger partial charge in [0.2, 0.25) is 11.8 Å². The first-order valence-corrected chi connectivity index (χ1v) is 10.2. The van der Waals surface area contributed by atoms with E-state index in [-0.39, 0.29) is 18.3 Å². The lowest BCUT2D eigenvalue weighted by Crippen LogP contribution is -2.56. The zero-order chi connectivity index (χ0) is 22.4. The number of aliphatic carboxylic acids is 1. The molecule has 0 fully saturated rings. The Morgan fingerprint density at radius 1 is 1.07 bits per heavy atom. The molecule has 0 unspecified atom stereocenters. The number of nitrogens with one attached hydrogen (secondary N) is 3. The van der Waals surface area contributed by atoms with Gasteiger partial charge in [-0.3, -0.25) is 9.59 Å². The van der Waals surface area contributed by atoms with E-state index in [0.29, 0.717) is 6.42 Å². The van der Waals surface area contributed by atoms with Crippen LogP contribution in [0.15, 0.2) is 30.5 Å². The van der Waals surface area contributed by atoms with Gasteiger partial charge in [-0.15, -0.1) is 0 Å². The number of carboxylic acids is 1. The molecule has 0 aliphatic carbocycles. The van der Waals surface area contributed by atoms with Gasteiger partial charge in [0, 0.05) is 23.5 Å². The first-order chi connectivity index (χ1) is 14.1. The largest absolute Gasteiger partial charge is 0.480 e. The summed E-state index contributed by atoms with van der Waals surface area (Å²) in [6.07, 6.45) is 2.37. The number of hydrogen-bond acceptors (Lipinski definition) is 4. The van der Waals surface area contributed by atoms with Crippen LogP contribution in [0.4, 0.5) is 0 Å². The van der Waals surface area contributed by atoms with E-state index in [1.54, 1.807) is 20.0 Å². The van der Waals surface area contributed by atoms with Crippen LogP contribution < -0.4 is 16.4 Å². The number of amides is 2. The minimum atomic E-state index is -1.14. The Balaban J connectivity index is 2.11. The van der Waals surface area contributed by atoms with Crippen LogP contribution in [0.5, 0.6) is 0 Å². The van der Waals surface area contributed by atoms with Gasteiger partial charge in [0.1, 0.15) is 12.1 Å². The first kappa shape index (κ1) is 23.4. The monoisotopic (exact) mass is 416 g/mol. The van der Waals surface area contributed by atoms with Crippen LogP contribution in [0.3, 0.4) is 0 Å². The van der Waals surface area contributed by atoms with Crippen LogP contribution in [0, 0.1) is 11.8 Å². The highest BCUT2D eigenvalue weighted by Crippen LogP contribution is 2.19. The molecule has 1 aromatic heterocycles. The van der Waals surface area contributed by atoms with Crippen molar-refractivity contribution in [2.24, 2.45) is 17.6 Å². The van der Waals surface area contributed by atoms with Crippen molar-refractivity contribution in [2.75, 3.05) is 0 Å². The highest BCUT2D eigenvalue weighted by atomic mass is 16.4. The summed E-state index contributed by atoms with van der Waals surface area (Å²) in [5, 5.41) is 15.8. The molecule has 0 bridgehead atoms. The number of carbonyl (C=O) groups excluding carboxylic acids is 2. The number of carbonyl (C=O) groups is 3. The topological polar surface area (TPSA) is 137 Å². The minimum Gasteiger partial charge on any atom is -0.480 e. The lowest BCUT2D eigenvalue weighted by atomic mass is 9.99. The van der Waals surface area contributed by atoms with E-state index in [1.165, 1.54) is 0 Å². The molecule has 0 radical (unpaired) electrons. The van der Waals surface area contributed by atoms with E-state index in [9.17, 15) is 19.5 Å². The molecule has 0 aliphatic rings. The third-order valence-electron chi connectivity index (χ3n) is 5.02. The van der Waals surface area contributed by atoms with Crippen molar-refractivity contribution < 1.29 is 19.5 Å². The number of fused-ring (bicyclic) bond motifs is 1. The van der Waals surface area contributed by atoms with Gasteiger partial charge in [0.15, 0.2) is 0 Å². The summed E-state index contributed by atoms with van der Waals surface area (Å²) in [7, 11) is 0. The minimum absolute atomic E-state index is 0.122. The Morgan fingerprint density at radius 3 is 2.33 bits per heavy atom. The maximum Gasteiger partial charge on any atom is 0.326 e. The highest BCUT2D eigenvalue weighted by molar-refractivity contribution is 5.92. The SMILES string of the molecule is CC(C)C[C@H](N)C(=O)N[C@H](C(=O)N[C@@H](Cc1c[nH]c2ccccc12)C(=O)O)C(C)C. The third-order valence-corrected chi connectivity index (χ3v) is 5.02. The fraction of sp³-hybridized carbons (Fsp3) is 0.500. The molecule has 1 aromatic carbocycles. The van der Waals surface area contributed by atoms with Crippen molar-refractivity contribution in [1.82, 2.24) is 15.6 Å². The summed E-state index contributed by atoms with van der Waals surface area (Å²) in [4.78, 5) is 40.1. The second-order valence-electron chi connectivity index (χ2n) is 8.43. The van der Waals surface area contributed by atoms with Crippen LogP contribution >= 0.6 is 0 Å². The predicted octanol–water partition coefficient (Wildman–Crippen LogP) is 1.79. The number of benzene rings is 1. The van der Waals surface area contributed by atoms with E-state index in [1.807, 2.05) is 38.1 Å². The van der Waals surface area contributed by atoms with Gasteiger partial charge in [-0.2, -0.15) is 0 Å². The fourth-order valence-electron chi connectivity index (χ4n) is 3.39. The van der Waals surface area contributed by atoms with Crippen molar-refractivity contribution in [1.29, 1.82) is 0 Å². The van der Waals surface area contributed by atoms with E-state index in [2.05, 4.69) is 15.6 Å². The summed E-state index contributed by atoms with van der Waals surface area (Å²) < 4.78 is 0. The van der Waals surface area contributed by atoms with Gasteiger partial charge in [-0.1, -0.05) is 45.9 Å². The third kappa shape index (κ3) is 6.06. The maximum atomic E-state index is 12.8. The molecule has 2 aromatic rings. The molecule has 6 N–H and O–H groups in total. The Kier molecular flexibility index (Phi) is 8.00. The molecule has 8 heteroatoms. The standard InChI is InChI=1S/C22H32N4O4/c1-12(2)9-16(23)20(27)26-19(13(3)4)21(28)25-18(22(29)30)10-14-11-24-17-8-6-5-7-15(14)17/h5-8,11-13,16,18-19,24H,9-10,23H2,1-4H3,(H,25,28)(H,26,27)(H,29,30)/t16-,18-,19-/m0/s1. The smallest absolute Gasteiger partial charge is 0.326 e. The van der Waals surface area contributed by atoms with E-state index < -0.39 is 35.9 Å². The number of nitrogens with two attached hydrogens (primary N) is 1. The Hall–Kier alpha value is -2.87. The summed E-state index contributed by atoms with van der Waals surface area (Å²) in [5.41, 5.74) is 7.61. The number of hydrogen-bond donors (Lipinski definition) is 5. The molecule has 2 rings (SSSR count). The molecule has 0 aliphatic heterocycles. The Bertz CT molecular complexity index is 890. The Labute approximate surface area is 176 Å². The van der Waals surface area contributed by atoms with Crippen molar-refractivity contribution in [3.05, 3.63) is 36.0 Å². The molecule has 2 amide bonds. The van der Waals surface area contributed by atoms with Gasteiger partial charge >= 0.3 is 5.97 Å². The molecular weight excluding hydrogens is 384 g/mol. The van der Waals surface area contributed by atoms with Gasteiger partial charge in [-0.25, -0.2) is 4.79 Å². The van der Waals surface area contributed by atoms with Crippen LogP contribution in [0.2, 0.25) is 0 Å².